The Hall–Kier alpha value is -4.63. The lowest BCUT2D eigenvalue weighted by molar-refractivity contribution is 0.489. The quantitative estimate of drug-likeness (QED) is 0.175. The molecule has 0 saturated heterocycles. The molecule has 6 aromatic rings. The minimum absolute atomic E-state index is 0.994. The Morgan fingerprint density at radius 1 is 0.312 bits per heavy atom. The third-order valence-corrected chi connectivity index (χ3v) is 21.9. The molecule has 3 aliphatic heterocycles. The molecule has 9 rings (SSSR count). The predicted octanol–water partition coefficient (Wildman–Crippen LogP) is 7.83. The summed E-state index contributed by atoms with van der Waals surface area (Å²) >= 11 is 0. The predicted molar refractivity (Wildman–Crippen MR) is 213 cm³/mol. The van der Waals surface area contributed by atoms with Crippen molar-refractivity contribution in [2.75, 3.05) is 9.80 Å². The molecule has 0 unspecified atom stereocenters. The third kappa shape index (κ3) is 3.91. The Bertz CT molecular complexity index is 2030. The zero-order chi connectivity index (χ0) is 33.0. The smallest absolute Gasteiger partial charge is 0.151 e. The van der Waals surface area contributed by atoms with Gasteiger partial charge in [0.1, 0.15) is 24.2 Å². The Morgan fingerprint density at radius 2 is 0.562 bits per heavy atom. The molecule has 0 aromatic heterocycles. The molecule has 0 aliphatic carbocycles. The second-order valence-corrected chi connectivity index (χ2v) is 28.0. The number of hydrogen-bond acceptors (Lipinski definition) is 3. The number of para-hydroxylation sites is 6. The molecule has 48 heavy (non-hydrogen) atoms. The molecular formula is C42H40N2OSi3. The highest BCUT2D eigenvalue weighted by Crippen LogP contribution is 2.49. The van der Waals surface area contributed by atoms with Crippen molar-refractivity contribution in [3.05, 3.63) is 133 Å². The Labute approximate surface area is 287 Å². The monoisotopic (exact) mass is 672 g/mol. The van der Waals surface area contributed by atoms with Crippen LogP contribution in [-0.4, -0.2) is 24.2 Å². The van der Waals surface area contributed by atoms with Gasteiger partial charge in [-0.15, -0.1) is 0 Å². The Balaban J connectivity index is 1.28. The lowest BCUT2D eigenvalue weighted by Gasteiger charge is -2.44. The minimum Gasteiger partial charge on any atom is -0.453 e. The van der Waals surface area contributed by atoms with E-state index in [4.69, 9.17) is 4.74 Å². The summed E-state index contributed by atoms with van der Waals surface area (Å²) in [6, 6.07) is 49.8. The highest BCUT2D eigenvalue weighted by molar-refractivity contribution is 7.04. The highest BCUT2D eigenvalue weighted by atomic mass is 28.3. The van der Waals surface area contributed by atoms with Crippen molar-refractivity contribution in [3.8, 4) is 11.5 Å². The first kappa shape index (κ1) is 29.5. The zero-order valence-electron chi connectivity index (χ0n) is 28.5. The maximum Gasteiger partial charge on any atom is 0.151 e. The average Bonchev–Trinajstić information content (AvgIpc) is 3.09. The van der Waals surface area contributed by atoms with Gasteiger partial charge in [-0.25, -0.2) is 0 Å². The summed E-state index contributed by atoms with van der Waals surface area (Å²) < 4.78 is 7.42. The maximum absolute atomic E-state index is 7.42. The average molecular weight is 673 g/mol. The molecular weight excluding hydrogens is 633 g/mol. The van der Waals surface area contributed by atoms with Crippen LogP contribution in [0.25, 0.3) is 0 Å². The van der Waals surface area contributed by atoms with E-state index in [-0.39, 0.29) is 0 Å². The molecule has 3 aliphatic rings. The summed E-state index contributed by atoms with van der Waals surface area (Å²) in [5.74, 6) is 1.99. The van der Waals surface area contributed by atoms with Crippen LogP contribution in [-0.2, 0) is 0 Å². The van der Waals surface area contributed by atoms with E-state index in [0.29, 0.717) is 0 Å². The molecule has 3 nitrogen and oxygen atoms in total. The van der Waals surface area contributed by atoms with Crippen LogP contribution < -0.4 is 45.7 Å². The molecule has 6 aromatic carbocycles. The van der Waals surface area contributed by atoms with Crippen LogP contribution in [0.1, 0.15) is 0 Å². The van der Waals surface area contributed by atoms with E-state index in [1.807, 2.05) is 0 Å². The van der Waals surface area contributed by atoms with Gasteiger partial charge in [0.15, 0.2) is 11.5 Å². The van der Waals surface area contributed by atoms with Gasteiger partial charge in [0.2, 0.25) is 0 Å². The number of nitrogens with zero attached hydrogens (tertiary/aromatic N) is 2. The van der Waals surface area contributed by atoms with Crippen LogP contribution >= 0.6 is 0 Å². The third-order valence-electron chi connectivity index (χ3n) is 11.3. The van der Waals surface area contributed by atoms with E-state index in [1.54, 1.807) is 0 Å². The van der Waals surface area contributed by atoms with Crippen molar-refractivity contribution in [1.82, 2.24) is 0 Å². The molecule has 236 valence electrons. The van der Waals surface area contributed by atoms with Crippen molar-refractivity contribution < 1.29 is 4.74 Å². The first-order chi connectivity index (χ1) is 23.1. The van der Waals surface area contributed by atoms with Gasteiger partial charge >= 0.3 is 0 Å². The minimum atomic E-state index is -2.21. The second-order valence-electron chi connectivity index (χ2n) is 15.0. The van der Waals surface area contributed by atoms with E-state index >= 15 is 0 Å². The van der Waals surface area contributed by atoms with Crippen molar-refractivity contribution >= 4 is 89.5 Å². The summed E-state index contributed by atoms with van der Waals surface area (Å²) in [6.45, 7) is 14.9. The summed E-state index contributed by atoms with van der Waals surface area (Å²) in [5.41, 5.74) is 7.32. The van der Waals surface area contributed by atoms with E-state index in [1.165, 1.54) is 53.9 Å². The molecule has 0 radical (unpaired) electrons. The fourth-order valence-corrected chi connectivity index (χ4v) is 17.5. The van der Waals surface area contributed by atoms with Gasteiger partial charge in [-0.2, -0.15) is 0 Å². The van der Waals surface area contributed by atoms with Crippen molar-refractivity contribution in [1.29, 1.82) is 0 Å². The fraction of sp³-hybridized carbons (Fsp3) is 0.143. The van der Waals surface area contributed by atoms with E-state index in [9.17, 15) is 0 Å². The number of anilines is 6. The fourth-order valence-electron chi connectivity index (χ4n) is 8.71. The van der Waals surface area contributed by atoms with Gasteiger partial charge in [-0.05, 0) is 67.5 Å². The number of benzene rings is 6. The maximum atomic E-state index is 7.42. The molecule has 0 fully saturated rings. The van der Waals surface area contributed by atoms with Gasteiger partial charge < -0.3 is 14.5 Å². The standard InChI is InChI=1S/C42H40N2OSi3/c1-46(2)35-23-11-7-17-29(35)43(30-18-8-12-24-36(30)46)33-21-15-27-39-41(33)45-42-34(22-16-28-40(42)48(39,5)6)44-31-19-9-13-25-37(31)47(3,4)38-26-14-10-20-32(38)44/h7-28H,1-6H3. The Morgan fingerprint density at radius 3 is 0.896 bits per heavy atom. The first-order valence-corrected chi connectivity index (χ1v) is 26.0. The van der Waals surface area contributed by atoms with Crippen LogP contribution in [0.5, 0.6) is 11.5 Å². The lowest BCUT2D eigenvalue weighted by Crippen LogP contribution is -2.59. The van der Waals surface area contributed by atoms with E-state index < -0.39 is 24.2 Å². The molecule has 0 bridgehead atoms. The summed E-state index contributed by atoms with van der Waals surface area (Å²) in [4.78, 5) is 4.97. The molecule has 0 atom stereocenters. The number of ether oxygens (including phenoxy) is 1. The summed E-state index contributed by atoms with van der Waals surface area (Å²) in [5, 5.41) is 8.53. The largest absolute Gasteiger partial charge is 0.453 e. The van der Waals surface area contributed by atoms with Crippen molar-refractivity contribution in [3.63, 3.8) is 0 Å². The molecule has 6 heteroatoms. The second kappa shape index (κ2) is 10.2. The normalized spacial score (nSPS) is 17.1. The van der Waals surface area contributed by atoms with Gasteiger partial charge in [0.25, 0.3) is 0 Å². The lowest BCUT2D eigenvalue weighted by atomic mass is 10.1. The van der Waals surface area contributed by atoms with Crippen LogP contribution in [0.15, 0.2) is 133 Å². The first-order valence-electron chi connectivity index (χ1n) is 17.0. The number of rotatable bonds is 2. The zero-order valence-corrected chi connectivity index (χ0v) is 31.5. The topological polar surface area (TPSA) is 15.7 Å². The van der Waals surface area contributed by atoms with Crippen molar-refractivity contribution in [2.24, 2.45) is 0 Å². The Kier molecular flexibility index (Phi) is 6.26. The molecule has 3 heterocycles. The van der Waals surface area contributed by atoms with Gasteiger partial charge in [0.05, 0.1) is 11.4 Å². The van der Waals surface area contributed by atoms with E-state index in [2.05, 4.69) is 183 Å². The van der Waals surface area contributed by atoms with Crippen LogP contribution in [0, 0.1) is 0 Å². The number of fused-ring (bicyclic) bond motifs is 6. The van der Waals surface area contributed by atoms with E-state index in [0.717, 1.165) is 22.9 Å². The highest BCUT2D eigenvalue weighted by Gasteiger charge is 2.45. The molecule has 0 N–H and O–H groups in total. The molecule has 0 spiro atoms. The van der Waals surface area contributed by atoms with Gasteiger partial charge in [-0.1, -0.05) is 136 Å². The van der Waals surface area contributed by atoms with Crippen LogP contribution in [0.3, 0.4) is 0 Å². The van der Waals surface area contributed by atoms with Gasteiger partial charge in [0, 0.05) is 22.7 Å². The molecule has 0 amide bonds. The SMILES string of the molecule is C[Si]1(C)c2ccccc2N(c2cccc3c2Oc2c(N4c5ccccc5[Si](C)(C)c5ccccc54)cccc2[Si]3(C)C)c2ccccc21. The summed E-state index contributed by atoms with van der Waals surface area (Å²) in [7, 11) is -6.04. The van der Waals surface area contributed by atoms with Gasteiger partial charge in [-0.3, -0.25) is 0 Å². The molecule has 0 saturated carbocycles. The number of hydrogen-bond donors (Lipinski definition) is 0. The van der Waals surface area contributed by atoms with Crippen LogP contribution in [0.2, 0.25) is 39.3 Å². The van der Waals surface area contributed by atoms with Crippen LogP contribution in [0.4, 0.5) is 34.1 Å². The van der Waals surface area contributed by atoms with Crippen molar-refractivity contribution in [2.45, 2.75) is 39.3 Å². The summed E-state index contributed by atoms with van der Waals surface area (Å²) in [6.07, 6.45) is 0.